The van der Waals surface area contributed by atoms with Crippen LogP contribution in [0.25, 0.3) is 0 Å². The maximum atomic E-state index is 12.0. The van der Waals surface area contributed by atoms with Gasteiger partial charge in [-0.25, -0.2) is 4.79 Å². The molecule has 5 heteroatoms. The SMILES string of the molecule is CCCOc1ccccc1NC(=O)NCC(C)(C)CC(C)O. The number of aliphatic hydroxyl groups is 1. The number of carbonyl (C=O) groups is 1. The van der Waals surface area contributed by atoms with E-state index in [0.29, 0.717) is 31.0 Å². The van der Waals surface area contributed by atoms with Crippen molar-refractivity contribution in [1.29, 1.82) is 0 Å². The summed E-state index contributed by atoms with van der Waals surface area (Å²) in [5.74, 6) is 0.669. The number of ether oxygens (including phenoxy) is 1. The third-order valence-corrected chi connectivity index (χ3v) is 3.17. The molecular formula is C17H28N2O3. The normalized spacial score (nSPS) is 12.6. The number of anilines is 1. The number of hydrogen-bond acceptors (Lipinski definition) is 3. The van der Waals surface area contributed by atoms with E-state index in [-0.39, 0.29) is 17.6 Å². The lowest BCUT2D eigenvalue weighted by molar-refractivity contribution is 0.129. The Hall–Kier alpha value is -1.75. The van der Waals surface area contributed by atoms with Gasteiger partial charge in [0.25, 0.3) is 0 Å². The summed E-state index contributed by atoms with van der Waals surface area (Å²) < 4.78 is 5.61. The fourth-order valence-corrected chi connectivity index (χ4v) is 2.27. The molecular weight excluding hydrogens is 280 g/mol. The van der Waals surface area contributed by atoms with Gasteiger partial charge in [0.15, 0.2) is 0 Å². The van der Waals surface area contributed by atoms with Gasteiger partial charge in [-0.05, 0) is 37.3 Å². The van der Waals surface area contributed by atoms with E-state index in [9.17, 15) is 9.90 Å². The van der Waals surface area contributed by atoms with Gasteiger partial charge in [0.1, 0.15) is 5.75 Å². The van der Waals surface area contributed by atoms with E-state index in [1.165, 1.54) is 0 Å². The number of rotatable bonds is 8. The molecule has 1 unspecified atom stereocenters. The van der Waals surface area contributed by atoms with Gasteiger partial charge in [-0.1, -0.05) is 32.9 Å². The van der Waals surface area contributed by atoms with E-state index in [4.69, 9.17) is 4.74 Å². The minimum Gasteiger partial charge on any atom is -0.491 e. The zero-order chi connectivity index (χ0) is 16.6. The largest absolute Gasteiger partial charge is 0.491 e. The molecule has 0 fully saturated rings. The fourth-order valence-electron chi connectivity index (χ4n) is 2.27. The molecule has 0 spiro atoms. The molecule has 0 aliphatic rings. The van der Waals surface area contributed by atoms with Crippen LogP contribution in [0.3, 0.4) is 0 Å². The predicted octanol–water partition coefficient (Wildman–Crippen LogP) is 3.39. The lowest BCUT2D eigenvalue weighted by Gasteiger charge is -2.26. The highest BCUT2D eigenvalue weighted by atomic mass is 16.5. The molecule has 0 aliphatic carbocycles. The first-order valence-electron chi connectivity index (χ1n) is 7.79. The molecule has 1 aromatic rings. The van der Waals surface area contributed by atoms with Crippen LogP contribution < -0.4 is 15.4 Å². The molecule has 0 saturated heterocycles. The van der Waals surface area contributed by atoms with Crippen LogP contribution in [0, 0.1) is 5.41 Å². The molecule has 1 aromatic carbocycles. The first kappa shape index (κ1) is 18.3. The summed E-state index contributed by atoms with van der Waals surface area (Å²) in [5, 5.41) is 15.1. The van der Waals surface area contributed by atoms with E-state index in [2.05, 4.69) is 10.6 Å². The molecule has 0 aromatic heterocycles. The van der Waals surface area contributed by atoms with E-state index in [1.807, 2.05) is 45.0 Å². The number of hydrogen-bond donors (Lipinski definition) is 3. The molecule has 5 nitrogen and oxygen atoms in total. The Morgan fingerprint density at radius 2 is 2.05 bits per heavy atom. The van der Waals surface area contributed by atoms with Gasteiger partial charge in [-0.2, -0.15) is 0 Å². The molecule has 124 valence electrons. The number of aliphatic hydroxyl groups excluding tert-OH is 1. The molecule has 1 atom stereocenters. The Morgan fingerprint density at radius 3 is 2.68 bits per heavy atom. The van der Waals surface area contributed by atoms with E-state index < -0.39 is 0 Å². The summed E-state index contributed by atoms with van der Waals surface area (Å²) in [6, 6.07) is 7.10. The Morgan fingerprint density at radius 1 is 1.36 bits per heavy atom. The van der Waals surface area contributed by atoms with Crippen molar-refractivity contribution < 1.29 is 14.6 Å². The van der Waals surface area contributed by atoms with E-state index in [0.717, 1.165) is 6.42 Å². The molecule has 0 heterocycles. The second-order valence-corrected chi connectivity index (χ2v) is 6.37. The highest BCUT2D eigenvalue weighted by Crippen LogP contribution is 2.24. The molecule has 2 amide bonds. The van der Waals surface area contributed by atoms with E-state index >= 15 is 0 Å². The van der Waals surface area contributed by atoms with Gasteiger partial charge < -0.3 is 20.5 Å². The molecule has 1 rings (SSSR count). The average molecular weight is 308 g/mol. The minimum atomic E-state index is -0.386. The number of carbonyl (C=O) groups excluding carboxylic acids is 1. The maximum Gasteiger partial charge on any atom is 0.319 e. The van der Waals surface area contributed by atoms with Crippen molar-refractivity contribution >= 4 is 11.7 Å². The van der Waals surface area contributed by atoms with E-state index in [1.54, 1.807) is 6.92 Å². The van der Waals surface area contributed by atoms with Crippen molar-refractivity contribution in [2.45, 2.75) is 46.6 Å². The zero-order valence-corrected chi connectivity index (χ0v) is 14.0. The first-order valence-corrected chi connectivity index (χ1v) is 7.79. The van der Waals surface area contributed by atoms with Crippen molar-refractivity contribution in [3.8, 4) is 5.75 Å². The highest BCUT2D eigenvalue weighted by Gasteiger charge is 2.21. The average Bonchev–Trinajstić information content (AvgIpc) is 2.43. The van der Waals surface area contributed by atoms with Gasteiger partial charge in [-0.3, -0.25) is 0 Å². The summed E-state index contributed by atoms with van der Waals surface area (Å²) in [5.41, 5.74) is 0.491. The van der Waals surface area contributed by atoms with Crippen molar-refractivity contribution in [3.05, 3.63) is 24.3 Å². The lowest BCUT2D eigenvalue weighted by atomic mass is 9.87. The van der Waals surface area contributed by atoms with Crippen LogP contribution in [0.4, 0.5) is 10.5 Å². The van der Waals surface area contributed by atoms with Crippen LogP contribution in [-0.2, 0) is 0 Å². The molecule has 3 N–H and O–H groups in total. The van der Waals surface area contributed by atoms with Gasteiger partial charge in [0.05, 0.1) is 18.4 Å². The summed E-state index contributed by atoms with van der Waals surface area (Å²) >= 11 is 0. The van der Waals surface area contributed by atoms with Gasteiger partial charge in [-0.15, -0.1) is 0 Å². The Bertz CT molecular complexity index is 473. The highest BCUT2D eigenvalue weighted by molar-refractivity contribution is 5.90. The van der Waals surface area contributed by atoms with Crippen molar-refractivity contribution in [2.75, 3.05) is 18.5 Å². The van der Waals surface area contributed by atoms with Crippen molar-refractivity contribution in [3.63, 3.8) is 0 Å². The Balaban J connectivity index is 2.55. The predicted molar refractivity (Wildman–Crippen MR) is 89.3 cm³/mol. The standard InChI is InChI=1S/C17H28N2O3/c1-5-10-22-15-9-7-6-8-14(15)19-16(21)18-12-17(3,4)11-13(2)20/h6-9,13,20H,5,10-12H2,1-4H3,(H2,18,19,21). The molecule has 0 aliphatic heterocycles. The third kappa shape index (κ3) is 6.80. The summed E-state index contributed by atoms with van der Waals surface area (Å²) in [7, 11) is 0. The van der Waals surface area contributed by atoms with Crippen LogP contribution in [0.5, 0.6) is 5.75 Å². The third-order valence-electron chi connectivity index (χ3n) is 3.17. The Labute approximate surface area is 133 Å². The molecule has 0 radical (unpaired) electrons. The molecule has 0 saturated carbocycles. The second kappa shape index (κ2) is 8.63. The van der Waals surface area contributed by atoms with Crippen molar-refractivity contribution in [1.82, 2.24) is 5.32 Å². The number of urea groups is 1. The quantitative estimate of drug-likeness (QED) is 0.689. The van der Waals surface area contributed by atoms with Gasteiger partial charge in [0, 0.05) is 6.54 Å². The van der Waals surface area contributed by atoms with Gasteiger partial charge >= 0.3 is 6.03 Å². The fraction of sp³-hybridized carbons (Fsp3) is 0.588. The molecule has 0 bridgehead atoms. The first-order chi connectivity index (χ1) is 10.3. The summed E-state index contributed by atoms with van der Waals surface area (Å²) in [6.07, 6.45) is 1.15. The molecule has 22 heavy (non-hydrogen) atoms. The summed E-state index contributed by atoms with van der Waals surface area (Å²) in [4.78, 5) is 12.0. The number of benzene rings is 1. The van der Waals surface area contributed by atoms with Crippen LogP contribution in [0.2, 0.25) is 0 Å². The van der Waals surface area contributed by atoms with Crippen LogP contribution >= 0.6 is 0 Å². The maximum absolute atomic E-state index is 12.0. The monoisotopic (exact) mass is 308 g/mol. The number of para-hydroxylation sites is 2. The zero-order valence-electron chi connectivity index (χ0n) is 14.0. The van der Waals surface area contributed by atoms with Crippen molar-refractivity contribution in [2.24, 2.45) is 5.41 Å². The number of nitrogens with one attached hydrogen (secondary N) is 2. The van der Waals surface area contributed by atoms with Gasteiger partial charge in [0.2, 0.25) is 0 Å². The van der Waals surface area contributed by atoms with Crippen LogP contribution in [0.15, 0.2) is 24.3 Å². The Kier molecular flexibility index (Phi) is 7.18. The number of amides is 2. The minimum absolute atomic E-state index is 0.163. The van der Waals surface area contributed by atoms with Crippen LogP contribution in [0.1, 0.15) is 40.5 Å². The summed E-state index contributed by atoms with van der Waals surface area (Å²) in [6.45, 7) is 8.91. The topological polar surface area (TPSA) is 70.6 Å². The second-order valence-electron chi connectivity index (χ2n) is 6.37. The lowest BCUT2D eigenvalue weighted by Crippen LogP contribution is -2.38. The smallest absolute Gasteiger partial charge is 0.319 e. The van der Waals surface area contributed by atoms with Crippen LogP contribution in [-0.4, -0.2) is 30.4 Å².